The van der Waals surface area contributed by atoms with E-state index in [0.717, 1.165) is 11.3 Å². The van der Waals surface area contributed by atoms with E-state index in [1.165, 1.54) is 0 Å². The number of carboxylic acid groups (broad SMARTS) is 1. The van der Waals surface area contributed by atoms with E-state index in [-0.39, 0.29) is 6.04 Å². The van der Waals surface area contributed by atoms with Crippen molar-refractivity contribution in [3.05, 3.63) is 59.4 Å². The van der Waals surface area contributed by atoms with Crippen molar-refractivity contribution in [1.29, 1.82) is 0 Å². The number of allylic oxidation sites excluding steroid dienone is 2. The van der Waals surface area contributed by atoms with Gasteiger partial charge in [-0.2, -0.15) is 0 Å². The number of benzene rings is 1. The highest BCUT2D eigenvalue weighted by molar-refractivity contribution is 6.20. The van der Waals surface area contributed by atoms with Gasteiger partial charge >= 0.3 is 5.97 Å². The fourth-order valence-electron chi connectivity index (χ4n) is 2.53. The molecule has 0 amide bonds. The molecule has 1 aliphatic carbocycles. The van der Waals surface area contributed by atoms with Crippen molar-refractivity contribution in [3.63, 3.8) is 0 Å². The molecule has 0 bridgehead atoms. The average molecular weight is 255 g/mol. The topological polar surface area (TPSA) is 58.6 Å². The molecular weight excluding hydrogens is 242 g/mol. The Morgan fingerprint density at radius 1 is 1.37 bits per heavy atom. The Labute approximate surface area is 110 Å². The first-order chi connectivity index (χ1) is 9.22. The summed E-state index contributed by atoms with van der Waals surface area (Å²) in [5.41, 5.74) is 2.58. The maximum absolute atomic E-state index is 11.6. The van der Waals surface area contributed by atoms with Crippen molar-refractivity contribution in [2.45, 2.75) is 6.04 Å². The molecule has 1 heterocycles. The highest BCUT2D eigenvalue weighted by Crippen LogP contribution is 2.38. The molecule has 1 unspecified atom stereocenters. The minimum absolute atomic E-state index is 0.240. The quantitative estimate of drug-likeness (QED) is 0.852. The fourth-order valence-corrected chi connectivity index (χ4v) is 2.53. The second kappa shape index (κ2) is 4.31. The minimum Gasteiger partial charge on any atom is -0.499 e. The van der Waals surface area contributed by atoms with Crippen LogP contribution in [0.2, 0.25) is 0 Å². The van der Waals surface area contributed by atoms with Gasteiger partial charge in [-0.25, -0.2) is 4.79 Å². The van der Waals surface area contributed by atoms with Crippen LogP contribution in [0.5, 0.6) is 0 Å². The van der Waals surface area contributed by atoms with E-state index in [1.807, 2.05) is 42.5 Å². The van der Waals surface area contributed by atoms with E-state index in [1.54, 1.807) is 7.11 Å². The van der Waals surface area contributed by atoms with Gasteiger partial charge in [0.1, 0.15) is 11.8 Å². The van der Waals surface area contributed by atoms with Crippen molar-refractivity contribution >= 4 is 17.2 Å². The van der Waals surface area contributed by atoms with E-state index in [4.69, 9.17) is 4.74 Å². The second-order valence-corrected chi connectivity index (χ2v) is 4.39. The van der Waals surface area contributed by atoms with Gasteiger partial charge in [-0.15, -0.1) is 0 Å². The lowest BCUT2D eigenvalue weighted by Crippen LogP contribution is -2.32. The molecule has 4 nitrogen and oxygen atoms in total. The second-order valence-electron chi connectivity index (χ2n) is 4.39. The Bertz CT molecular complexity index is 641. The molecule has 0 spiro atoms. The summed E-state index contributed by atoms with van der Waals surface area (Å²) in [6.07, 6.45) is 5.47. The first-order valence-electron chi connectivity index (χ1n) is 5.98. The lowest BCUT2D eigenvalue weighted by molar-refractivity contribution is -0.130. The molecule has 0 radical (unpaired) electrons. The van der Waals surface area contributed by atoms with Crippen LogP contribution in [-0.2, 0) is 9.53 Å². The SMILES string of the molecule is COC1=CC=CC2=C(C(=O)O)c3ccccc3NC12. The van der Waals surface area contributed by atoms with Crippen LogP contribution in [-0.4, -0.2) is 24.2 Å². The molecule has 0 aromatic heterocycles. The molecule has 1 aromatic rings. The van der Waals surface area contributed by atoms with E-state index < -0.39 is 5.97 Å². The highest BCUT2D eigenvalue weighted by atomic mass is 16.5. The number of ether oxygens (including phenoxy) is 1. The lowest BCUT2D eigenvalue weighted by atomic mass is 9.86. The average Bonchev–Trinajstić information content (AvgIpc) is 2.43. The molecule has 0 saturated heterocycles. The summed E-state index contributed by atoms with van der Waals surface area (Å²) in [4.78, 5) is 11.6. The number of anilines is 1. The molecule has 0 saturated carbocycles. The van der Waals surface area contributed by atoms with Gasteiger partial charge in [0.2, 0.25) is 0 Å². The number of carboxylic acids is 1. The van der Waals surface area contributed by atoms with Crippen LogP contribution >= 0.6 is 0 Å². The third kappa shape index (κ3) is 1.73. The summed E-state index contributed by atoms with van der Waals surface area (Å²) < 4.78 is 5.32. The van der Waals surface area contributed by atoms with E-state index >= 15 is 0 Å². The van der Waals surface area contributed by atoms with Crippen molar-refractivity contribution in [2.75, 3.05) is 12.4 Å². The van der Waals surface area contributed by atoms with Crippen molar-refractivity contribution < 1.29 is 14.6 Å². The Morgan fingerprint density at radius 3 is 2.89 bits per heavy atom. The van der Waals surface area contributed by atoms with Gasteiger partial charge in [0.15, 0.2) is 0 Å². The number of methoxy groups -OCH3 is 1. The molecule has 96 valence electrons. The number of nitrogens with one attached hydrogen (secondary N) is 1. The number of fused-ring (bicyclic) bond motifs is 2. The third-order valence-corrected chi connectivity index (χ3v) is 3.37. The van der Waals surface area contributed by atoms with Crippen LogP contribution in [0.15, 0.2) is 53.8 Å². The van der Waals surface area contributed by atoms with Crippen LogP contribution in [0.3, 0.4) is 0 Å². The van der Waals surface area contributed by atoms with Crippen LogP contribution in [0.1, 0.15) is 5.56 Å². The number of rotatable bonds is 2. The zero-order chi connectivity index (χ0) is 13.4. The molecule has 1 aromatic carbocycles. The summed E-state index contributed by atoms with van der Waals surface area (Å²) in [5.74, 6) is -0.207. The number of para-hydroxylation sites is 1. The highest BCUT2D eigenvalue weighted by Gasteiger charge is 2.32. The summed E-state index contributed by atoms with van der Waals surface area (Å²) in [6, 6.07) is 7.17. The smallest absolute Gasteiger partial charge is 0.336 e. The fraction of sp³-hybridized carbons (Fsp3) is 0.133. The van der Waals surface area contributed by atoms with Crippen molar-refractivity contribution in [3.8, 4) is 0 Å². The minimum atomic E-state index is -0.920. The summed E-state index contributed by atoms with van der Waals surface area (Å²) in [5, 5.41) is 12.8. The first kappa shape index (κ1) is 11.6. The summed E-state index contributed by atoms with van der Waals surface area (Å²) >= 11 is 0. The van der Waals surface area contributed by atoms with Gasteiger partial charge in [0, 0.05) is 11.3 Å². The van der Waals surface area contributed by atoms with Crippen LogP contribution < -0.4 is 5.32 Å². The van der Waals surface area contributed by atoms with Gasteiger partial charge in [-0.1, -0.05) is 30.4 Å². The molecule has 19 heavy (non-hydrogen) atoms. The Kier molecular flexibility index (Phi) is 2.63. The van der Waals surface area contributed by atoms with Gasteiger partial charge < -0.3 is 15.2 Å². The maximum atomic E-state index is 11.6. The normalized spacial score (nSPS) is 20.1. The zero-order valence-corrected chi connectivity index (χ0v) is 10.4. The van der Waals surface area contributed by atoms with Crippen molar-refractivity contribution in [2.24, 2.45) is 0 Å². The number of aliphatic carboxylic acids is 1. The van der Waals surface area contributed by atoms with E-state index in [2.05, 4.69) is 5.32 Å². The summed E-state index contributed by atoms with van der Waals surface area (Å²) in [6.45, 7) is 0. The third-order valence-electron chi connectivity index (χ3n) is 3.37. The van der Waals surface area contributed by atoms with Crippen LogP contribution in [0, 0.1) is 0 Å². The lowest BCUT2D eigenvalue weighted by Gasteiger charge is -2.31. The van der Waals surface area contributed by atoms with Crippen LogP contribution in [0.25, 0.3) is 5.57 Å². The molecule has 1 aliphatic heterocycles. The Balaban J connectivity index is 2.24. The molecule has 4 heteroatoms. The monoisotopic (exact) mass is 255 g/mol. The molecule has 0 fully saturated rings. The maximum Gasteiger partial charge on any atom is 0.336 e. The number of carbonyl (C=O) groups is 1. The Morgan fingerprint density at radius 2 is 2.16 bits per heavy atom. The number of hydrogen-bond donors (Lipinski definition) is 2. The van der Waals surface area contributed by atoms with Gasteiger partial charge in [-0.05, 0) is 17.7 Å². The molecule has 2 N–H and O–H groups in total. The Hall–Kier alpha value is -2.49. The van der Waals surface area contributed by atoms with Gasteiger partial charge in [-0.3, -0.25) is 0 Å². The van der Waals surface area contributed by atoms with Gasteiger partial charge in [0.25, 0.3) is 0 Å². The predicted molar refractivity (Wildman–Crippen MR) is 72.6 cm³/mol. The molecule has 2 aliphatic rings. The molecular formula is C15H13NO3. The summed E-state index contributed by atoms with van der Waals surface area (Å²) in [7, 11) is 1.59. The first-order valence-corrected chi connectivity index (χ1v) is 5.98. The largest absolute Gasteiger partial charge is 0.499 e. The molecule has 1 atom stereocenters. The van der Waals surface area contributed by atoms with E-state index in [0.29, 0.717) is 16.9 Å². The van der Waals surface area contributed by atoms with E-state index in [9.17, 15) is 9.90 Å². The number of hydrogen-bond acceptors (Lipinski definition) is 3. The standard InChI is InChI=1S/C15H13NO3/c1-19-12-8-4-6-10-13(15(17)18)9-5-2-3-7-11(9)16-14(10)12/h2-8,14,16H,1H3,(H,17,18). The van der Waals surface area contributed by atoms with Crippen LogP contribution in [0.4, 0.5) is 5.69 Å². The van der Waals surface area contributed by atoms with Gasteiger partial charge in [0.05, 0.1) is 12.7 Å². The zero-order valence-electron chi connectivity index (χ0n) is 10.4. The predicted octanol–water partition coefficient (Wildman–Crippen LogP) is 2.42. The van der Waals surface area contributed by atoms with Crippen molar-refractivity contribution in [1.82, 2.24) is 0 Å². The molecule has 3 rings (SSSR count).